The van der Waals surface area contributed by atoms with Gasteiger partial charge in [0.15, 0.2) is 0 Å². The molecule has 0 heterocycles. The molecule has 0 aromatic heterocycles. The Balaban J connectivity index is 1.66. The van der Waals surface area contributed by atoms with Crippen LogP contribution in [0.2, 0.25) is 0 Å². The van der Waals surface area contributed by atoms with Gasteiger partial charge in [-0.2, -0.15) is 0 Å². The molecule has 0 amide bonds. The van der Waals surface area contributed by atoms with Crippen molar-refractivity contribution in [3.8, 4) is 22.3 Å². The van der Waals surface area contributed by atoms with Crippen LogP contribution in [-0.4, -0.2) is 0 Å². The number of fused-ring (bicyclic) bond motifs is 17. The van der Waals surface area contributed by atoms with Gasteiger partial charge in [0, 0.05) is 0 Å². The predicted octanol–water partition coefficient (Wildman–Crippen LogP) is 9.49. The Hall–Kier alpha value is -4.68. The highest BCUT2D eigenvalue weighted by atomic mass is 14.5. The van der Waals surface area contributed by atoms with E-state index in [1.165, 1.54) is 76.8 Å². The Kier molecular flexibility index (Phi) is 3.56. The van der Waals surface area contributed by atoms with Gasteiger partial charge in [0.1, 0.15) is 0 Å². The minimum Gasteiger partial charge on any atom is -0.0619 e. The standard InChI is InChI=1S/C37H22/c1-2-12-24-23(11-1)21-22-29-25-13-3-4-16-28(25)35-30-17-7-10-20-33(30)37(36(35)34(24)29)31-18-8-5-14-26(31)27-15-6-9-19-32(27)37/h1-22H. The molecule has 0 unspecified atom stereocenters. The zero-order valence-corrected chi connectivity index (χ0v) is 20.2. The van der Waals surface area contributed by atoms with E-state index in [0.29, 0.717) is 0 Å². The lowest BCUT2D eigenvalue weighted by Crippen LogP contribution is -2.26. The van der Waals surface area contributed by atoms with E-state index in [9.17, 15) is 0 Å². The van der Waals surface area contributed by atoms with Gasteiger partial charge in [0.05, 0.1) is 5.41 Å². The third kappa shape index (κ3) is 2.17. The number of hydrogen-bond acceptors (Lipinski definition) is 0. The van der Waals surface area contributed by atoms with E-state index in [0.717, 1.165) is 0 Å². The quantitative estimate of drug-likeness (QED) is 0.195. The monoisotopic (exact) mass is 466 g/mol. The summed E-state index contributed by atoms with van der Waals surface area (Å²) in [7, 11) is 0. The average Bonchev–Trinajstić information content (AvgIpc) is 3.45. The van der Waals surface area contributed by atoms with Crippen molar-refractivity contribution >= 4 is 32.3 Å². The summed E-state index contributed by atoms with van der Waals surface area (Å²) in [5.41, 5.74) is 10.7. The van der Waals surface area contributed by atoms with Crippen LogP contribution in [0.15, 0.2) is 133 Å². The molecule has 0 N–H and O–H groups in total. The molecule has 0 fully saturated rings. The van der Waals surface area contributed by atoms with Crippen molar-refractivity contribution in [3.63, 3.8) is 0 Å². The van der Waals surface area contributed by atoms with E-state index in [1.807, 2.05) is 0 Å². The molecule has 7 aromatic rings. The fourth-order valence-electron chi connectivity index (χ4n) is 7.57. The third-order valence-electron chi connectivity index (χ3n) is 8.84. The first-order chi connectivity index (χ1) is 18.4. The zero-order chi connectivity index (χ0) is 24.1. The van der Waals surface area contributed by atoms with Crippen LogP contribution >= 0.6 is 0 Å². The van der Waals surface area contributed by atoms with Gasteiger partial charge in [0.2, 0.25) is 0 Å². The van der Waals surface area contributed by atoms with Crippen molar-refractivity contribution in [2.45, 2.75) is 5.41 Å². The number of benzene rings is 7. The van der Waals surface area contributed by atoms with Crippen molar-refractivity contribution in [3.05, 3.63) is 156 Å². The second-order valence-electron chi connectivity index (χ2n) is 10.4. The maximum absolute atomic E-state index is 2.37. The van der Waals surface area contributed by atoms with Gasteiger partial charge in [-0.1, -0.05) is 133 Å². The molecule has 9 rings (SSSR count). The second kappa shape index (κ2) is 6.75. The number of rotatable bonds is 0. The molecule has 0 nitrogen and oxygen atoms in total. The van der Waals surface area contributed by atoms with Crippen LogP contribution in [-0.2, 0) is 5.41 Å². The van der Waals surface area contributed by atoms with Gasteiger partial charge in [-0.3, -0.25) is 0 Å². The molecule has 7 aromatic carbocycles. The zero-order valence-electron chi connectivity index (χ0n) is 20.2. The SMILES string of the molecule is c1ccc2c(c1)-c1ccccc1C21c2ccccc2-c2c1c1c3ccccc3ccc1c1ccccc21. The smallest absolute Gasteiger partial charge is 0.0619 e. The lowest BCUT2D eigenvalue weighted by molar-refractivity contribution is 0.802. The van der Waals surface area contributed by atoms with Crippen LogP contribution in [0.4, 0.5) is 0 Å². The van der Waals surface area contributed by atoms with Crippen LogP contribution in [0.25, 0.3) is 54.6 Å². The molecule has 170 valence electrons. The fourth-order valence-corrected chi connectivity index (χ4v) is 7.57. The minimum absolute atomic E-state index is 0.356. The van der Waals surface area contributed by atoms with Crippen molar-refractivity contribution in [1.29, 1.82) is 0 Å². The number of hydrogen-bond donors (Lipinski definition) is 0. The van der Waals surface area contributed by atoms with E-state index in [1.54, 1.807) is 0 Å². The highest BCUT2D eigenvalue weighted by molar-refractivity contribution is 6.25. The molecule has 0 radical (unpaired) electrons. The molecule has 0 bridgehead atoms. The maximum Gasteiger partial charge on any atom is 0.0732 e. The minimum atomic E-state index is -0.356. The van der Waals surface area contributed by atoms with Gasteiger partial charge in [-0.25, -0.2) is 0 Å². The fraction of sp³-hybridized carbons (Fsp3) is 0.0270. The summed E-state index contributed by atoms with van der Waals surface area (Å²) in [6.45, 7) is 0. The lowest BCUT2D eigenvalue weighted by Gasteiger charge is -2.32. The van der Waals surface area contributed by atoms with Crippen molar-refractivity contribution in [2.24, 2.45) is 0 Å². The highest BCUT2D eigenvalue weighted by Crippen LogP contribution is 2.65. The van der Waals surface area contributed by atoms with Crippen LogP contribution in [0.5, 0.6) is 0 Å². The summed E-state index contributed by atoms with van der Waals surface area (Å²) in [4.78, 5) is 0. The van der Waals surface area contributed by atoms with Crippen LogP contribution in [0.3, 0.4) is 0 Å². The Morgan fingerprint density at radius 1 is 0.351 bits per heavy atom. The van der Waals surface area contributed by atoms with Crippen molar-refractivity contribution < 1.29 is 0 Å². The van der Waals surface area contributed by atoms with E-state index in [2.05, 4.69) is 133 Å². The molecule has 2 aliphatic carbocycles. The summed E-state index contributed by atoms with van der Waals surface area (Å²) in [5.74, 6) is 0. The first-order valence-electron chi connectivity index (χ1n) is 13.0. The highest BCUT2D eigenvalue weighted by Gasteiger charge is 2.52. The van der Waals surface area contributed by atoms with E-state index in [4.69, 9.17) is 0 Å². The molecular formula is C37H22. The third-order valence-corrected chi connectivity index (χ3v) is 8.84. The average molecular weight is 467 g/mol. The second-order valence-corrected chi connectivity index (χ2v) is 10.4. The topological polar surface area (TPSA) is 0 Å². The Morgan fingerprint density at radius 2 is 0.865 bits per heavy atom. The summed E-state index contributed by atoms with van der Waals surface area (Å²) in [5, 5.41) is 8.01. The predicted molar refractivity (Wildman–Crippen MR) is 155 cm³/mol. The normalized spacial score (nSPS) is 14.2. The molecule has 0 atom stereocenters. The van der Waals surface area contributed by atoms with Gasteiger partial charge in [0.25, 0.3) is 0 Å². The lowest BCUT2D eigenvalue weighted by atomic mass is 9.68. The maximum atomic E-state index is 2.37. The van der Waals surface area contributed by atoms with E-state index in [-0.39, 0.29) is 5.41 Å². The van der Waals surface area contributed by atoms with Crippen molar-refractivity contribution in [2.75, 3.05) is 0 Å². The van der Waals surface area contributed by atoms with Gasteiger partial charge in [-0.15, -0.1) is 0 Å². The molecule has 0 saturated carbocycles. The van der Waals surface area contributed by atoms with Crippen molar-refractivity contribution in [1.82, 2.24) is 0 Å². The van der Waals surface area contributed by atoms with E-state index < -0.39 is 0 Å². The molecule has 0 aliphatic heterocycles. The molecule has 0 heteroatoms. The summed E-state index contributed by atoms with van der Waals surface area (Å²) in [6, 6.07) is 49.9. The van der Waals surface area contributed by atoms with Gasteiger partial charge in [-0.05, 0) is 76.8 Å². The van der Waals surface area contributed by atoms with Gasteiger partial charge >= 0.3 is 0 Å². The summed E-state index contributed by atoms with van der Waals surface area (Å²) < 4.78 is 0. The van der Waals surface area contributed by atoms with Gasteiger partial charge < -0.3 is 0 Å². The van der Waals surface area contributed by atoms with Crippen LogP contribution < -0.4 is 0 Å². The van der Waals surface area contributed by atoms with Crippen LogP contribution in [0.1, 0.15) is 22.3 Å². The van der Waals surface area contributed by atoms with E-state index >= 15 is 0 Å². The first kappa shape index (κ1) is 19.5. The molecule has 1 spiro atoms. The Bertz CT molecular complexity index is 2050. The summed E-state index contributed by atoms with van der Waals surface area (Å²) >= 11 is 0. The molecule has 0 saturated heterocycles. The Morgan fingerprint density at radius 3 is 1.57 bits per heavy atom. The largest absolute Gasteiger partial charge is 0.0732 e. The Labute approximate surface area is 215 Å². The summed E-state index contributed by atoms with van der Waals surface area (Å²) in [6.07, 6.45) is 0. The molecular weight excluding hydrogens is 444 g/mol. The molecule has 37 heavy (non-hydrogen) atoms. The first-order valence-corrected chi connectivity index (χ1v) is 13.0. The molecule has 2 aliphatic rings. The van der Waals surface area contributed by atoms with Crippen LogP contribution in [0, 0.1) is 0 Å².